The second-order valence-electron chi connectivity index (χ2n) is 5.17. The van der Waals surface area contributed by atoms with E-state index in [-0.39, 0.29) is 11.0 Å². The number of hydrogen-bond donors (Lipinski definition) is 2. The third-order valence-electron chi connectivity index (χ3n) is 2.97. The Balaban J connectivity index is 2.31. The van der Waals surface area contributed by atoms with E-state index in [0.717, 1.165) is 12.1 Å². The number of aryl methyl sites for hydroxylation is 2. The number of halogens is 4. The lowest BCUT2D eigenvalue weighted by Gasteiger charge is -2.16. The van der Waals surface area contributed by atoms with Gasteiger partial charge >= 0.3 is 12.2 Å². The minimum absolute atomic E-state index is 0.104. The molecule has 0 radical (unpaired) electrons. The third-order valence-corrected chi connectivity index (χ3v) is 5.37. The van der Waals surface area contributed by atoms with Crippen LogP contribution in [-0.2, 0) is 26.0 Å². The van der Waals surface area contributed by atoms with Crippen LogP contribution in [0.3, 0.4) is 0 Å². The monoisotopic (exact) mass is 424 g/mol. The zero-order valence-electron chi connectivity index (χ0n) is 13.3. The van der Waals surface area contributed by atoms with Crippen molar-refractivity contribution in [3.05, 3.63) is 46.2 Å². The van der Waals surface area contributed by atoms with Crippen LogP contribution in [0.1, 0.15) is 17.0 Å². The summed E-state index contributed by atoms with van der Waals surface area (Å²) >= 11 is 10.4. The molecule has 0 saturated carbocycles. The van der Waals surface area contributed by atoms with E-state index in [1.165, 1.54) is 0 Å². The average Bonchev–Trinajstić information content (AvgIpc) is 2.43. The summed E-state index contributed by atoms with van der Waals surface area (Å²) in [7, 11) is -4.02. The molecule has 1 atom stereocenters. The van der Waals surface area contributed by atoms with Gasteiger partial charge in [-0.15, -0.1) is 0 Å². The molecule has 1 aromatic heterocycles. The van der Waals surface area contributed by atoms with Gasteiger partial charge in [-0.2, -0.15) is 13.2 Å². The van der Waals surface area contributed by atoms with Gasteiger partial charge in [0.1, 0.15) is 8.68 Å². The van der Waals surface area contributed by atoms with Crippen molar-refractivity contribution in [1.29, 1.82) is 0 Å². The van der Waals surface area contributed by atoms with Crippen LogP contribution >= 0.6 is 11.6 Å². The molecule has 2 rings (SSSR count). The molecule has 26 heavy (non-hydrogen) atoms. The lowest BCUT2D eigenvalue weighted by molar-refractivity contribution is -0.139. The molecule has 0 aliphatic carbocycles. The number of benzene rings is 1. The minimum atomic E-state index is -4.82. The summed E-state index contributed by atoms with van der Waals surface area (Å²) in [6.07, 6.45) is -4.82. The normalized spacial score (nSPS) is 13.8. The summed E-state index contributed by atoms with van der Waals surface area (Å²) in [4.78, 5) is 19.1. The maximum absolute atomic E-state index is 13.1. The second-order valence-corrected chi connectivity index (χ2v) is 8.67. The van der Waals surface area contributed by atoms with E-state index >= 15 is 0 Å². The predicted octanol–water partition coefficient (Wildman–Crippen LogP) is 3.61. The topological polar surface area (TPSA) is 84.0 Å². The molecule has 0 aliphatic rings. The number of nitrogens with zero attached hydrogens (tertiary/aromatic N) is 2. The van der Waals surface area contributed by atoms with Crippen molar-refractivity contribution in [2.75, 3.05) is 5.32 Å². The number of anilines is 1. The number of carbonyl (C=O) groups is 1. The summed E-state index contributed by atoms with van der Waals surface area (Å²) < 4.78 is 53.8. The molecular weight excluding hydrogens is 413 g/mol. The van der Waals surface area contributed by atoms with Crippen LogP contribution in [0.25, 0.3) is 0 Å². The van der Waals surface area contributed by atoms with Gasteiger partial charge in [-0.3, -0.25) is 10.0 Å². The van der Waals surface area contributed by atoms with E-state index in [0.29, 0.717) is 17.5 Å². The molecule has 1 unspecified atom stereocenters. The van der Waals surface area contributed by atoms with Gasteiger partial charge in [0, 0.05) is 27.6 Å². The molecule has 140 valence electrons. The largest absolute Gasteiger partial charge is 0.417 e. The van der Waals surface area contributed by atoms with Crippen molar-refractivity contribution in [2.24, 2.45) is 0 Å². The first-order valence-corrected chi connectivity index (χ1v) is 9.77. The molecule has 2 aromatic rings. The molecule has 0 fully saturated rings. The SMILES string of the molecule is Cc1cc(C)nc(NC(=O)NS(=O)(=S)c2cc(Cl)ccc2C(F)(F)F)n1. The standard InChI is InChI=1S/C14H12ClF3N4O2S2/c1-7-5-8(2)20-12(19-7)21-13(23)22-26(24,25)11-6-9(15)3-4-10(11)14(16,17)18/h3-6H,1-2H3,(H2,19,20,21,22,23). The van der Waals surface area contributed by atoms with E-state index in [1.54, 1.807) is 19.9 Å². The summed E-state index contributed by atoms with van der Waals surface area (Å²) in [6.45, 7) is 3.32. The van der Waals surface area contributed by atoms with Crippen molar-refractivity contribution in [3.63, 3.8) is 0 Å². The van der Waals surface area contributed by atoms with Crippen LogP contribution in [0.15, 0.2) is 29.2 Å². The van der Waals surface area contributed by atoms with Crippen LogP contribution in [0.5, 0.6) is 0 Å². The number of aromatic nitrogens is 2. The number of nitrogens with one attached hydrogen (secondary N) is 2. The number of rotatable bonds is 3. The maximum Gasteiger partial charge on any atom is 0.417 e. The van der Waals surface area contributed by atoms with E-state index in [4.69, 9.17) is 22.8 Å². The molecule has 2 amide bonds. The molecule has 0 aliphatic heterocycles. The number of alkyl halides is 3. The lowest BCUT2D eigenvalue weighted by atomic mass is 10.2. The Bertz CT molecular complexity index is 945. The third kappa shape index (κ3) is 5.02. The number of urea groups is 1. The first kappa shape index (κ1) is 20.3. The lowest BCUT2D eigenvalue weighted by Crippen LogP contribution is -2.35. The van der Waals surface area contributed by atoms with E-state index in [1.807, 2.05) is 4.72 Å². The minimum Gasteiger partial charge on any atom is -0.275 e. The Hall–Kier alpha value is -1.98. The molecular formula is C14H12ClF3N4O2S2. The fourth-order valence-corrected chi connectivity index (χ4v) is 4.08. The van der Waals surface area contributed by atoms with Crippen LogP contribution < -0.4 is 10.0 Å². The van der Waals surface area contributed by atoms with Gasteiger partial charge in [-0.25, -0.2) is 19.0 Å². The van der Waals surface area contributed by atoms with Crippen molar-refractivity contribution >= 4 is 43.4 Å². The molecule has 1 aromatic carbocycles. The van der Waals surface area contributed by atoms with Gasteiger partial charge in [-0.1, -0.05) is 11.6 Å². The van der Waals surface area contributed by atoms with Crippen LogP contribution in [0.4, 0.5) is 23.9 Å². The van der Waals surface area contributed by atoms with E-state index in [9.17, 15) is 22.2 Å². The van der Waals surface area contributed by atoms with Gasteiger partial charge in [-0.05, 0) is 38.1 Å². The first-order valence-electron chi connectivity index (χ1n) is 6.91. The van der Waals surface area contributed by atoms with Crippen LogP contribution in [-0.4, -0.2) is 20.2 Å². The summed E-state index contributed by atoms with van der Waals surface area (Å²) in [5.41, 5.74) is -0.132. The van der Waals surface area contributed by atoms with Gasteiger partial charge < -0.3 is 0 Å². The average molecular weight is 425 g/mol. The summed E-state index contributed by atoms with van der Waals surface area (Å²) in [6, 6.07) is 3.00. The molecule has 12 heteroatoms. The molecule has 2 N–H and O–H groups in total. The highest BCUT2D eigenvalue weighted by Crippen LogP contribution is 2.35. The Labute approximate surface area is 157 Å². The smallest absolute Gasteiger partial charge is 0.275 e. The summed E-state index contributed by atoms with van der Waals surface area (Å²) in [5.74, 6) is -0.104. The van der Waals surface area contributed by atoms with Gasteiger partial charge in [0.25, 0.3) is 0 Å². The first-order chi connectivity index (χ1) is 11.9. The zero-order chi connectivity index (χ0) is 19.7. The number of carbonyl (C=O) groups excluding carboxylic acids is 1. The van der Waals surface area contributed by atoms with Crippen molar-refractivity contribution < 1.29 is 22.2 Å². The fraction of sp³-hybridized carbons (Fsp3) is 0.214. The molecule has 0 spiro atoms. The van der Waals surface area contributed by atoms with Gasteiger partial charge in [0.05, 0.1) is 10.5 Å². The molecule has 0 bridgehead atoms. The Morgan fingerprint density at radius 1 is 1.19 bits per heavy atom. The van der Waals surface area contributed by atoms with Crippen molar-refractivity contribution in [3.8, 4) is 0 Å². The number of amides is 2. The van der Waals surface area contributed by atoms with Crippen LogP contribution in [0.2, 0.25) is 5.02 Å². The molecule has 1 heterocycles. The van der Waals surface area contributed by atoms with E-state index < -0.39 is 31.3 Å². The Morgan fingerprint density at radius 3 is 2.31 bits per heavy atom. The summed E-state index contributed by atoms with van der Waals surface area (Å²) in [5, 5.41) is 2.08. The highest BCUT2D eigenvalue weighted by Gasteiger charge is 2.36. The maximum atomic E-state index is 13.1. The van der Waals surface area contributed by atoms with Crippen molar-refractivity contribution in [1.82, 2.24) is 14.7 Å². The Morgan fingerprint density at radius 2 is 1.77 bits per heavy atom. The van der Waals surface area contributed by atoms with Crippen LogP contribution in [0, 0.1) is 13.8 Å². The number of hydrogen-bond acceptors (Lipinski definition) is 5. The van der Waals surface area contributed by atoms with E-state index in [2.05, 4.69) is 15.3 Å². The second kappa shape index (κ2) is 7.33. The predicted molar refractivity (Wildman–Crippen MR) is 93.9 cm³/mol. The highest BCUT2D eigenvalue weighted by molar-refractivity contribution is 8.32. The zero-order valence-corrected chi connectivity index (χ0v) is 15.7. The molecule has 0 saturated heterocycles. The highest BCUT2D eigenvalue weighted by atomic mass is 35.5. The quantitative estimate of drug-likeness (QED) is 0.786. The van der Waals surface area contributed by atoms with Gasteiger partial charge in [0.2, 0.25) is 5.95 Å². The molecule has 6 nitrogen and oxygen atoms in total. The fourth-order valence-electron chi connectivity index (χ4n) is 2.04. The van der Waals surface area contributed by atoms with Crippen molar-refractivity contribution in [2.45, 2.75) is 24.9 Å². The van der Waals surface area contributed by atoms with Gasteiger partial charge in [0.15, 0.2) is 0 Å². The Kier molecular flexibility index (Phi) is 5.73.